The van der Waals surface area contributed by atoms with E-state index in [1.54, 1.807) is 32.4 Å². The maximum Gasteiger partial charge on any atom is 0.125 e. The van der Waals surface area contributed by atoms with Gasteiger partial charge in [0.25, 0.3) is 0 Å². The minimum atomic E-state index is -0.535. The average molecular weight is 236 g/mol. The molecule has 0 aliphatic heterocycles. The molecule has 92 valence electrons. The Morgan fingerprint density at radius 3 is 2.71 bits per heavy atom. The van der Waals surface area contributed by atoms with Gasteiger partial charge in [0.05, 0.1) is 26.9 Å². The second-order valence-electron chi connectivity index (χ2n) is 3.35. The molecule has 1 unspecified atom stereocenters. The largest absolute Gasteiger partial charge is 0.497 e. The van der Waals surface area contributed by atoms with Crippen molar-refractivity contribution in [2.24, 2.45) is 0 Å². The van der Waals surface area contributed by atoms with Crippen LogP contribution >= 0.6 is 0 Å². The highest BCUT2D eigenvalue weighted by Crippen LogP contribution is 2.28. The highest BCUT2D eigenvalue weighted by molar-refractivity contribution is 5.44. The molecule has 0 aromatic heterocycles. The summed E-state index contributed by atoms with van der Waals surface area (Å²) in [5.74, 6) is 1.27. The normalized spacial score (nSPS) is 11.6. The van der Waals surface area contributed by atoms with Crippen molar-refractivity contribution >= 4 is 0 Å². The van der Waals surface area contributed by atoms with Gasteiger partial charge >= 0.3 is 0 Å². The predicted molar refractivity (Wildman–Crippen MR) is 63.0 cm³/mol. The fourth-order valence-electron chi connectivity index (χ4n) is 1.50. The number of ether oxygens (including phenoxy) is 2. The number of aliphatic hydroxyl groups is 1. The molecule has 5 heteroatoms. The summed E-state index contributed by atoms with van der Waals surface area (Å²) in [5, 5.41) is 20.8. The number of nitriles is 1. The molecular formula is C12H16N2O3. The summed E-state index contributed by atoms with van der Waals surface area (Å²) >= 11 is 0. The van der Waals surface area contributed by atoms with E-state index in [-0.39, 0.29) is 6.61 Å². The number of hydrogen-bond acceptors (Lipinski definition) is 5. The molecule has 0 amide bonds. The molecule has 17 heavy (non-hydrogen) atoms. The lowest BCUT2D eigenvalue weighted by molar-refractivity contribution is 0.288. The third-order valence-corrected chi connectivity index (χ3v) is 2.34. The van der Waals surface area contributed by atoms with E-state index in [9.17, 15) is 0 Å². The Balaban J connectivity index is 3.02. The Hall–Kier alpha value is -1.77. The Morgan fingerprint density at radius 2 is 2.18 bits per heavy atom. The third kappa shape index (κ3) is 3.34. The fraction of sp³-hybridized carbons (Fsp3) is 0.417. The van der Waals surface area contributed by atoms with Crippen molar-refractivity contribution in [3.63, 3.8) is 0 Å². The van der Waals surface area contributed by atoms with E-state index in [1.807, 2.05) is 0 Å². The Bertz CT molecular complexity index is 401. The van der Waals surface area contributed by atoms with Gasteiger partial charge in [-0.15, -0.1) is 0 Å². The highest BCUT2D eigenvalue weighted by atomic mass is 16.5. The minimum Gasteiger partial charge on any atom is -0.497 e. The predicted octanol–water partition coefficient (Wildman–Crippen LogP) is 0.850. The Morgan fingerprint density at radius 1 is 1.41 bits per heavy atom. The van der Waals surface area contributed by atoms with Gasteiger partial charge in [0.15, 0.2) is 0 Å². The molecule has 0 saturated carbocycles. The van der Waals surface area contributed by atoms with Crippen LogP contribution in [-0.4, -0.2) is 32.5 Å². The van der Waals surface area contributed by atoms with Crippen LogP contribution in [0, 0.1) is 11.3 Å². The number of nitrogens with one attached hydrogen (secondary N) is 1. The number of benzene rings is 1. The summed E-state index contributed by atoms with van der Waals surface area (Å²) in [6.45, 7) is 0.322. The van der Waals surface area contributed by atoms with Crippen LogP contribution < -0.4 is 14.8 Å². The zero-order valence-electron chi connectivity index (χ0n) is 9.93. The standard InChI is InChI=1S/C12H16N2O3/c1-16-9-3-4-12(17-2)10(7-9)11(8-13)14-5-6-15/h3-4,7,11,14-15H,5-6H2,1-2H3. The average Bonchev–Trinajstić information content (AvgIpc) is 2.39. The van der Waals surface area contributed by atoms with Crippen LogP contribution in [0.3, 0.4) is 0 Å². The summed E-state index contributed by atoms with van der Waals surface area (Å²) in [6, 6.07) is 6.85. The molecule has 0 fully saturated rings. The summed E-state index contributed by atoms with van der Waals surface area (Å²) in [7, 11) is 3.11. The molecule has 5 nitrogen and oxygen atoms in total. The van der Waals surface area contributed by atoms with Gasteiger partial charge in [0.1, 0.15) is 17.5 Å². The van der Waals surface area contributed by atoms with Crippen LogP contribution in [0.1, 0.15) is 11.6 Å². The van der Waals surface area contributed by atoms with E-state index >= 15 is 0 Å². The second-order valence-corrected chi connectivity index (χ2v) is 3.35. The first-order chi connectivity index (χ1) is 8.26. The van der Waals surface area contributed by atoms with Crippen molar-refractivity contribution in [2.75, 3.05) is 27.4 Å². The maximum absolute atomic E-state index is 9.10. The molecule has 0 radical (unpaired) electrons. The first kappa shape index (κ1) is 13.3. The van der Waals surface area contributed by atoms with Gasteiger partial charge in [0.2, 0.25) is 0 Å². The van der Waals surface area contributed by atoms with Gasteiger partial charge in [-0.3, -0.25) is 5.32 Å². The molecule has 1 aromatic rings. The van der Waals surface area contributed by atoms with Gasteiger partial charge in [-0.05, 0) is 18.2 Å². The van der Waals surface area contributed by atoms with Crippen LogP contribution in [0.2, 0.25) is 0 Å². The van der Waals surface area contributed by atoms with Gasteiger partial charge < -0.3 is 14.6 Å². The zero-order chi connectivity index (χ0) is 12.7. The van der Waals surface area contributed by atoms with Crippen LogP contribution in [0.5, 0.6) is 11.5 Å². The van der Waals surface area contributed by atoms with Crippen molar-refractivity contribution in [3.05, 3.63) is 23.8 Å². The van der Waals surface area contributed by atoms with Gasteiger partial charge in [-0.2, -0.15) is 5.26 Å². The molecule has 1 aromatic carbocycles. The van der Waals surface area contributed by atoms with Gasteiger partial charge in [-0.25, -0.2) is 0 Å². The topological polar surface area (TPSA) is 74.5 Å². The number of aliphatic hydroxyl groups excluding tert-OH is 1. The monoisotopic (exact) mass is 236 g/mol. The lowest BCUT2D eigenvalue weighted by Gasteiger charge is -2.15. The molecule has 0 saturated heterocycles. The third-order valence-electron chi connectivity index (χ3n) is 2.34. The molecule has 0 bridgehead atoms. The quantitative estimate of drug-likeness (QED) is 0.766. The van der Waals surface area contributed by atoms with E-state index in [0.717, 1.165) is 0 Å². The van der Waals surface area contributed by atoms with Crippen LogP contribution in [-0.2, 0) is 0 Å². The van der Waals surface area contributed by atoms with Crippen molar-refractivity contribution < 1.29 is 14.6 Å². The Kier molecular flexibility index (Phi) is 5.27. The molecule has 2 N–H and O–H groups in total. The van der Waals surface area contributed by atoms with Crippen molar-refractivity contribution in [1.82, 2.24) is 5.32 Å². The number of rotatable bonds is 6. The molecular weight excluding hydrogens is 220 g/mol. The number of methoxy groups -OCH3 is 2. The first-order valence-electron chi connectivity index (χ1n) is 5.22. The Labute approximate surface area is 101 Å². The van der Waals surface area contributed by atoms with Crippen LogP contribution in [0.4, 0.5) is 0 Å². The van der Waals surface area contributed by atoms with E-state index in [4.69, 9.17) is 19.8 Å². The van der Waals surface area contributed by atoms with Gasteiger partial charge in [0, 0.05) is 12.1 Å². The zero-order valence-corrected chi connectivity index (χ0v) is 9.93. The SMILES string of the molecule is COc1ccc(OC)c(C(C#N)NCCO)c1. The summed E-state index contributed by atoms with van der Waals surface area (Å²) in [4.78, 5) is 0. The first-order valence-corrected chi connectivity index (χ1v) is 5.22. The van der Waals surface area contributed by atoms with Crippen LogP contribution in [0.15, 0.2) is 18.2 Å². The lowest BCUT2D eigenvalue weighted by atomic mass is 10.1. The van der Waals surface area contributed by atoms with E-state index in [0.29, 0.717) is 23.6 Å². The van der Waals surface area contributed by atoms with Crippen molar-refractivity contribution in [1.29, 1.82) is 5.26 Å². The summed E-state index contributed by atoms with van der Waals surface area (Å²) in [6.07, 6.45) is 0. The number of hydrogen-bond donors (Lipinski definition) is 2. The molecule has 0 aliphatic carbocycles. The summed E-state index contributed by atoms with van der Waals surface area (Å²) < 4.78 is 10.3. The highest BCUT2D eigenvalue weighted by Gasteiger charge is 2.15. The second kappa shape index (κ2) is 6.74. The molecule has 1 atom stereocenters. The van der Waals surface area contributed by atoms with Crippen molar-refractivity contribution in [2.45, 2.75) is 6.04 Å². The van der Waals surface area contributed by atoms with Gasteiger partial charge in [-0.1, -0.05) is 0 Å². The molecule has 1 rings (SSSR count). The van der Waals surface area contributed by atoms with Crippen molar-refractivity contribution in [3.8, 4) is 17.6 Å². The van der Waals surface area contributed by atoms with E-state index < -0.39 is 6.04 Å². The minimum absolute atomic E-state index is 0.0233. The molecule has 0 aliphatic rings. The summed E-state index contributed by atoms with van der Waals surface area (Å²) in [5.41, 5.74) is 0.697. The molecule has 0 heterocycles. The smallest absolute Gasteiger partial charge is 0.125 e. The lowest BCUT2D eigenvalue weighted by Crippen LogP contribution is -2.23. The van der Waals surface area contributed by atoms with Crippen LogP contribution in [0.25, 0.3) is 0 Å². The van der Waals surface area contributed by atoms with E-state index in [1.165, 1.54) is 0 Å². The maximum atomic E-state index is 9.10. The van der Waals surface area contributed by atoms with E-state index in [2.05, 4.69) is 11.4 Å². The fourth-order valence-corrected chi connectivity index (χ4v) is 1.50. The number of nitrogens with zero attached hydrogens (tertiary/aromatic N) is 1. The molecule has 0 spiro atoms.